The van der Waals surface area contributed by atoms with Gasteiger partial charge in [-0.25, -0.2) is 4.39 Å². The van der Waals surface area contributed by atoms with Crippen LogP contribution in [-0.4, -0.2) is 23.9 Å². The van der Waals surface area contributed by atoms with Gasteiger partial charge in [0.05, 0.1) is 0 Å². The highest BCUT2D eigenvalue weighted by Crippen LogP contribution is 2.27. The molecule has 5 heteroatoms. The van der Waals surface area contributed by atoms with E-state index in [0.717, 1.165) is 0 Å². The fourth-order valence-electron chi connectivity index (χ4n) is 1.54. The number of alkyl halides is 1. The third kappa shape index (κ3) is 3.42. The van der Waals surface area contributed by atoms with Gasteiger partial charge in [0, 0.05) is 23.1 Å². The molecule has 0 N–H and O–H groups in total. The normalized spacial score (nSPS) is 12.3. The zero-order chi connectivity index (χ0) is 13.0. The SMILES string of the molecule is CCN(CC)C(=O)C(Cl)c1ccc(Br)cc1F. The quantitative estimate of drug-likeness (QED) is 0.773. The van der Waals surface area contributed by atoms with Crippen LogP contribution in [0.1, 0.15) is 24.8 Å². The van der Waals surface area contributed by atoms with Crippen molar-refractivity contribution in [3.63, 3.8) is 0 Å². The molecule has 17 heavy (non-hydrogen) atoms. The maximum atomic E-state index is 13.6. The molecule has 1 unspecified atom stereocenters. The minimum atomic E-state index is -0.969. The molecule has 1 aromatic rings. The molecule has 0 spiro atoms. The molecular weight excluding hydrogens is 308 g/mol. The van der Waals surface area contributed by atoms with Gasteiger partial charge in [-0.15, -0.1) is 11.6 Å². The molecule has 0 radical (unpaired) electrons. The van der Waals surface area contributed by atoms with Crippen LogP contribution in [0.2, 0.25) is 0 Å². The Morgan fingerprint density at radius 1 is 1.47 bits per heavy atom. The molecule has 0 fully saturated rings. The van der Waals surface area contributed by atoms with Crippen LogP contribution in [0.25, 0.3) is 0 Å². The van der Waals surface area contributed by atoms with Gasteiger partial charge >= 0.3 is 0 Å². The number of carbonyl (C=O) groups excluding carboxylic acids is 1. The molecule has 0 aromatic heterocycles. The number of hydrogen-bond acceptors (Lipinski definition) is 1. The molecule has 0 saturated carbocycles. The lowest BCUT2D eigenvalue weighted by atomic mass is 10.1. The van der Waals surface area contributed by atoms with Gasteiger partial charge in [-0.3, -0.25) is 4.79 Å². The van der Waals surface area contributed by atoms with Gasteiger partial charge in [-0.1, -0.05) is 22.0 Å². The number of nitrogens with zero attached hydrogens (tertiary/aromatic N) is 1. The summed E-state index contributed by atoms with van der Waals surface area (Å²) in [5.41, 5.74) is 0.215. The number of halogens is 3. The zero-order valence-corrected chi connectivity index (χ0v) is 12.1. The summed E-state index contributed by atoms with van der Waals surface area (Å²) in [5, 5.41) is -0.969. The van der Waals surface area contributed by atoms with E-state index < -0.39 is 11.2 Å². The molecule has 1 amide bonds. The molecular formula is C12H14BrClFNO. The van der Waals surface area contributed by atoms with Crippen LogP contribution in [0.4, 0.5) is 4.39 Å². The molecule has 0 saturated heterocycles. The molecule has 2 nitrogen and oxygen atoms in total. The highest BCUT2D eigenvalue weighted by molar-refractivity contribution is 9.10. The van der Waals surface area contributed by atoms with Crippen LogP contribution >= 0.6 is 27.5 Å². The molecule has 0 aliphatic carbocycles. The van der Waals surface area contributed by atoms with E-state index in [1.165, 1.54) is 12.1 Å². The molecule has 1 atom stereocenters. The van der Waals surface area contributed by atoms with Gasteiger partial charge in [-0.05, 0) is 26.0 Å². The van der Waals surface area contributed by atoms with E-state index in [0.29, 0.717) is 17.6 Å². The van der Waals surface area contributed by atoms with E-state index in [1.54, 1.807) is 11.0 Å². The smallest absolute Gasteiger partial charge is 0.245 e. The standard InChI is InChI=1S/C12H14BrClFNO/c1-3-16(4-2)12(17)11(14)9-6-5-8(13)7-10(9)15/h5-7,11H,3-4H2,1-2H3. The highest BCUT2D eigenvalue weighted by Gasteiger charge is 2.24. The molecule has 94 valence electrons. The van der Waals surface area contributed by atoms with E-state index in [2.05, 4.69) is 15.9 Å². The summed E-state index contributed by atoms with van der Waals surface area (Å²) in [4.78, 5) is 13.5. The number of hydrogen-bond donors (Lipinski definition) is 0. The first-order valence-corrected chi connectivity index (χ1v) is 6.62. The molecule has 1 aromatic carbocycles. The largest absolute Gasteiger partial charge is 0.342 e. The van der Waals surface area contributed by atoms with E-state index in [-0.39, 0.29) is 11.5 Å². The van der Waals surface area contributed by atoms with Gasteiger partial charge in [0.2, 0.25) is 5.91 Å². The van der Waals surface area contributed by atoms with E-state index in [9.17, 15) is 9.18 Å². The summed E-state index contributed by atoms with van der Waals surface area (Å²) in [6, 6.07) is 4.50. The lowest BCUT2D eigenvalue weighted by Crippen LogP contribution is -2.33. The lowest BCUT2D eigenvalue weighted by molar-refractivity contribution is -0.130. The minimum absolute atomic E-state index is 0.215. The molecule has 0 bridgehead atoms. The zero-order valence-electron chi connectivity index (χ0n) is 9.71. The second kappa shape index (κ2) is 6.36. The average molecular weight is 323 g/mol. The maximum absolute atomic E-state index is 13.6. The predicted molar refractivity (Wildman–Crippen MR) is 70.6 cm³/mol. The van der Waals surface area contributed by atoms with Crippen LogP contribution in [0.3, 0.4) is 0 Å². The number of carbonyl (C=O) groups is 1. The summed E-state index contributed by atoms with van der Waals surface area (Å²) in [5.74, 6) is -0.738. The Morgan fingerprint density at radius 2 is 2.06 bits per heavy atom. The number of likely N-dealkylation sites (N-methyl/N-ethyl adjacent to an activating group) is 1. The topological polar surface area (TPSA) is 20.3 Å². The molecule has 1 rings (SSSR count). The summed E-state index contributed by atoms with van der Waals surface area (Å²) in [6.07, 6.45) is 0. The number of benzene rings is 1. The van der Waals surface area contributed by atoms with Crippen molar-refractivity contribution in [3.05, 3.63) is 34.1 Å². The first kappa shape index (κ1) is 14.5. The van der Waals surface area contributed by atoms with Crippen molar-refractivity contribution in [1.82, 2.24) is 4.90 Å². The summed E-state index contributed by atoms with van der Waals surface area (Å²) in [6.45, 7) is 4.86. The van der Waals surface area contributed by atoms with Crippen LogP contribution in [0.15, 0.2) is 22.7 Å². The van der Waals surface area contributed by atoms with Gasteiger partial charge in [-0.2, -0.15) is 0 Å². The summed E-state index contributed by atoms with van der Waals surface area (Å²) >= 11 is 9.18. The Kier molecular flexibility index (Phi) is 5.40. The molecule has 0 heterocycles. The monoisotopic (exact) mass is 321 g/mol. The van der Waals surface area contributed by atoms with Crippen LogP contribution < -0.4 is 0 Å². The molecule has 0 aliphatic rings. The van der Waals surface area contributed by atoms with Gasteiger partial charge in [0.15, 0.2) is 0 Å². The second-order valence-corrected chi connectivity index (χ2v) is 4.89. The molecule has 0 aliphatic heterocycles. The van der Waals surface area contributed by atoms with Crippen molar-refractivity contribution in [1.29, 1.82) is 0 Å². The first-order chi connectivity index (χ1) is 8.01. The predicted octanol–water partition coefficient (Wildman–Crippen LogP) is 3.74. The average Bonchev–Trinajstić information content (AvgIpc) is 2.29. The fraction of sp³-hybridized carbons (Fsp3) is 0.417. The van der Waals surface area contributed by atoms with Crippen molar-refractivity contribution in [3.8, 4) is 0 Å². The highest BCUT2D eigenvalue weighted by atomic mass is 79.9. The summed E-state index contributed by atoms with van der Waals surface area (Å²) in [7, 11) is 0. The van der Waals surface area contributed by atoms with Crippen molar-refractivity contribution in [2.45, 2.75) is 19.2 Å². The Hall–Kier alpha value is -0.610. The number of amides is 1. The second-order valence-electron chi connectivity index (χ2n) is 3.54. The third-order valence-corrected chi connectivity index (χ3v) is 3.44. The van der Waals surface area contributed by atoms with Crippen molar-refractivity contribution < 1.29 is 9.18 Å². The number of rotatable bonds is 4. The van der Waals surface area contributed by atoms with Crippen LogP contribution in [0.5, 0.6) is 0 Å². The van der Waals surface area contributed by atoms with Crippen LogP contribution in [-0.2, 0) is 4.79 Å². The Morgan fingerprint density at radius 3 is 2.53 bits per heavy atom. The van der Waals surface area contributed by atoms with Crippen molar-refractivity contribution >= 4 is 33.4 Å². The van der Waals surface area contributed by atoms with Crippen molar-refractivity contribution in [2.75, 3.05) is 13.1 Å². The lowest BCUT2D eigenvalue weighted by Gasteiger charge is -2.22. The maximum Gasteiger partial charge on any atom is 0.245 e. The van der Waals surface area contributed by atoms with Gasteiger partial charge in [0.25, 0.3) is 0 Å². The van der Waals surface area contributed by atoms with E-state index in [1.807, 2.05) is 13.8 Å². The Bertz CT molecular complexity index is 409. The summed E-state index contributed by atoms with van der Waals surface area (Å²) < 4.78 is 14.3. The third-order valence-electron chi connectivity index (χ3n) is 2.53. The minimum Gasteiger partial charge on any atom is -0.342 e. The van der Waals surface area contributed by atoms with Crippen LogP contribution in [0, 0.1) is 5.82 Å². The Balaban J connectivity index is 2.95. The first-order valence-electron chi connectivity index (χ1n) is 5.39. The van der Waals surface area contributed by atoms with Crippen molar-refractivity contribution in [2.24, 2.45) is 0 Å². The van der Waals surface area contributed by atoms with Gasteiger partial charge in [0.1, 0.15) is 11.2 Å². The Labute approximate surface area is 114 Å². The fourth-order valence-corrected chi connectivity index (χ4v) is 2.18. The van der Waals surface area contributed by atoms with Gasteiger partial charge < -0.3 is 4.90 Å². The van der Waals surface area contributed by atoms with E-state index in [4.69, 9.17) is 11.6 Å². The van der Waals surface area contributed by atoms with E-state index >= 15 is 0 Å².